The molecule has 4 heteroatoms. The molecular formula is C21H22N4. The minimum atomic E-state index is -0.921. The van der Waals surface area contributed by atoms with Crippen LogP contribution in [0.3, 0.4) is 0 Å². The lowest BCUT2D eigenvalue weighted by Crippen LogP contribution is -2.45. The van der Waals surface area contributed by atoms with Crippen LogP contribution in [0, 0.1) is 0 Å². The van der Waals surface area contributed by atoms with E-state index in [9.17, 15) is 0 Å². The van der Waals surface area contributed by atoms with Crippen molar-refractivity contribution in [3.05, 3.63) is 108 Å². The highest BCUT2D eigenvalue weighted by molar-refractivity contribution is 5.40. The second-order valence-corrected chi connectivity index (χ2v) is 5.99. The SMILES string of the molecule is C=CCc1ccc(C(N)(c2ccc(CC=C)cc2)n2ccnn2)cc1. The Morgan fingerprint density at radius 2 is 1.36 bits per heavy atom. The Bertz CT molecular complexity index is 777. The van der Waals surface area contributed by atoms with E-state index in [1.807, 2.05) is 36.4 Å². The van der Waals surface area contributed by atoms with Gasteiger partial charge in [-0.3, -0.25) is 5.73 Å². The molecule has 25 heavy (non-hydrogen) atoms. The number of rotatable bonds is 7. The van der Waals surface area contributed by atoms with Gasteiger partial charge in [-0.25, -0.2) is 4.68 Å². The quantitative estimate of drug-likeness (QED) is 0.675. The number of hydrogen-bond acceptors (Lipinski definition) is 3. The standard InChI is InChI=1S/C21H22N4/c1-3-5-17-7-11-19(12-8-17)21(22,25-16-15-23-24-25)20-13-9-18(6-4-2)10-14-20/h3-4,7-16H,1-2,5-6,22H2. The molecule has 1 aromatic heterocycles. The van der Waals surface area contributed by atoms with Crippen LogP contribution in [0.1, 0.15) is 22.3 Å². The largest absolute Gasteiger partial charge is 0.299 e. The van der Waals surface area contributed by atoms with Crippen LogP contribution in [-0.4, -0.2) is 15.0 Å². The monoisotopic (exact) mass is 330 g/mol. The molecule has 1 heterocycles. The lowest BCUT2D eigenvalue weighted by Gasteiger charge is -2.31. The summed E-state index contributed by atoms with van der Waals surface area (Å²) < 4.78 is 1.69. The summed E-state index contributed by atoms with van der Waals surface area (Å²) in [5.74, 6) is 0. The maximum atomic E-state index is 6.87. The molecule has 0 bridgehead atoms. The number of nitrogens with zero attached hydrogens (tertiary/aromatic N) is 3. The van der Waals surface area contributed by atoms with E-state index in [0.29, 0.717) is 0 Å². The van der Waals surface area contributed by atoms with Gasteiger partial charge in [0.05, 0.1) is 6.20 Å². The fourth-order valence-corrected chi connectivity index (χ4v) is 2.95. The molecule has 0 radical (unpaired) electrons. The lowest BCUT2D eigenvalue weighted by molar-refractivity contribution is 0.391. The third kappa shape index (κ3) is 3.30. The molecule has 3 rings (SSSR count). The smallest absolute Gasteiger partial charge is 0.163 e. The first kappa shape index (κ1) is 16.9. The third-order valence-corrected chi connectivity index (χ3v) is 4.33. The summed E-state index contributed by atoms with van der Waals surface area (Å²) in [5, 5.41) is 8.11. The second kappa shape index (κ2) is 7.28. The van der Waals surface area contributed by atoms with E-state index < -0.39 is 5.66 Å². The molecule has 2 aromatic carbocycles. The summed E-state index contributed by atoms with van der Waals surface area (Å²) in [6, 6.07) is 16.4. The molecule has 0 fully saturated rings. The summed E-state index contributed by atoms with van der Waals surface area (Å²) >= 11 is 0. The molecule has 2 N–H and O–H groups in total. The van der Waals surface area contributed by atoms with E-state index in [-0.39, 0.29) is 0 Å². The predicted octanol–water partition coefficient (Wildman–Crippen LogP) is 3.44. The van der Waals surface area contributed by atoms with Crippen molar-refractivity contribution in [1.82, 2.24) is 15.0 Å². The summed E-state index contributed by atoms with van der Waals surface area (Å²) in [6.45, 7) is 7.57. The Morgan fingerprint density at radius 3 is 1.72 bits per heavy atom. The molecule has 0 unspecified atom stereocenters. The molecule has 0 spiro atoms. The predicted molar refractivity (Wildman–Crippen MR) is 101 cm³/mol. The van der Waals surface area contributed by atoms with Crippen molar-refractivity contribution in [3.63, 3.8) is 0 Å². The van der Waals surface area contributed by atoms with Crippen LogP contribution in [0.25, 0.3) is 0 Å². The van der Waals surface area contributed by atoms with Crippen LogP contribution >= 0.6 is 0 Å². The molecule has 0 saturated carbocycles. The van der Waals surface area contributed by atoms with E-state index in [1.54, 1.807) is 17.1 Å². The fraction of sp³-hybridized carbons (Fsp3) is 0.143. The minimum Gasteiger partial charge on any atom is -0.299 e. The number of nitrogens with two attached hydrogens (primary N) is 1. The summed E-state index contributed by atoms with van der Waals surface area (Å²) in [4.78, 5) is 0. The zero-order valence-corrected chi connectivity index (χ0v) is 14.2. The van der Waals surface area contributed by atoms with Crippen molar-refractivity contribution in [3.8, 4) is 0 Å². The molecule has 0 atom stereocenters. The van der Waals surface area contributed by atoms with E-state index in [1.165, 1.54) is 11.1 Å². The molecule has 0 aliphatic heterocycles. The Labute approximate surface area is 148 Å². The van der Waals surface area contributed by atoms with Crippen molar-refractivity contribution in [2.24, 2.45) is 5.73 Å². The summed E-state index contributed by atoms with van der Waals surface area (Å²) in [6.07, 6.45) is 8.87. The first-order chi connectivity index (χ1) is 12.2. The van der Waals surface area contributed by atoms with E-state index in [0.717, 1.165) is 24.0 Å². The van der Waals surface area contributed by atoms with Gasteiger partial charge >= 0.3 is 0 Å². The van der Waals surface area contributed by atoms with Gasteiger partial charge in [0.25, 0.3) is 0 Å². The van der Waals surface area contributed by atoms with Crippen molar-refractivity contribution in [1.29, 1.82) is 0 Å². The van der Waals surface area contributed by atoms with Gasteiger partial charge in [-0.2, -0.15) is 0 Å². The molecular weight excluding hydrogens is 308 g/mol. The topological polar surface area (TPSA) is 56.7 Å². The average molecular weight is 330 g/mol. The zero-order chi connectivity index (χ0) is 17.7. The van der Waals surface area contributed by atoms with E-state index in [2.05, 4.69) is 47.7 Å². The van der Waals surface area contributed by atoms with Crippen molar-refractivity contribution >= 4 is 0 Å². The summed E-state index contributed by atoms with van der Waals surface area (Å²) in [7, 11) is 0. The van der Waals surface area contributed by atoms with Crippen molar-refractivity contribution < 1.29 is 0 Å². The van der Waals surface area contributed by atoms with Crippen LogP contribution in [-0.2, 0) is 18.5 Å². The van der Waals surface area contributed by atoms with Crippen LogP contribution in [0.4, 0.5) is 0 Å². The number of allylic oxidation sites excluding steroid dienone is 2. The Morgan fingerprint density at radius 1 is 0.880 bits per heavy atom. The van der Waals surface area contributed by atoms with Gasteiger partial charge in [0.2, 0.25) is 0 Å². The number of hydrogen-bond donors (Lipinski definition) is 1. The normalized spacial score (nSPS) is 11.2. The van der Waals surface area contributed by atoms with Gasteiger partial charge < -0.3 is 0 Å². The van der Waals surface area contributed by atoms with Gasteiger partial charge in [0.15, 0.2) is 5.66 Å². The van der Waals surface area contributed by atoms with Crippen molar-refractivity contribution in [2.75, 3.05) is 0 Å². The van der Waals surface area contributed by atoms with Gasteiger partial charge in [0.1, 0.15) is 0 Å². The Balaban J connectivity index is 2.07. The molecule has 0 amide bonds. The Kier molecular flexibility index (Phi) is 4.91. The van der Waals surface area contributed by atoms with E-state index in [4.69, 9.17) is 5.73 Å². The van der Waals surface area contributed by atoms with Gasteiger partial charge in [0, 0.05) is 6.20 Å². The lowest BCUT2D eigenvalue weighted by atomic mass is 9.90. The maximum Gasteiger partial charge on any atom is 0.163 e. The number of aromatic nitrogens is 3. The molecule has 126 valence electrons. The molecule has 0 saturated heterocycles. The van der Waals surface area contributed by atoms with E-state index >= 15 is 0 Å². The molecule has 0 aliphatic rings. The first-order valence-electron chi connectivity index (χ1n) is 8.24. The highest BCUT2D eigenvalue weighted by atomic mass is 15.5. The maximum absolute atomic E-state index is 6.87. The van der Waals surface area contributed by atoms with Crippen LogP contribution < -0.4 is 5.73 Å². The first-order valence-corrected chi connectivity index (χ1v) is 8.24. The van der Waals surface area contributed by atoms with Gasteiger partial charge in [-0.15, -0.1) is 18.3 Å². The number of benzene rings is 2. The van der Waals surface area contributed by atoms with Crippen LogP contribution in [0.15, 0.2) is 86.2 Å². The average Bonchev–Trinajstić information content (AvgIpc) is 3.18. The zero-order valence-electron chi connectivity index (χ0n) is 14.2. The Hall–Kier alpha value is -2.98. The van der Waals surface area contributed by atoms with Crippen molar-refractivity contribution in [2.45, 2.75) is 18.5 Å². The van der Waals surface area contributed by atoms with Crippen LogP contribution in [0.2, 0.25) is 0 Å². The molecule has 4 nitrogen and oxygen atoms in total. The second-order valence-electron chi connectivity index (χ2n) is 5.99. The highest BCUT2D eigenvalue weighted by Gasteiger charge is 2.32. The highest BCUT2D eigenvalue weighted by Crippen LogP contribution is 2.29. The van der Waals surface area contributed by atoms with Gasteiger partial charge in [-0.1, -0.05) is 65.9 Å². The fourth-order valence-electron chi connectivity index (χ4n) is 2.95. The summed E-state index contributed by atoms with van der Waals surface area (Å²) in [5.41, 5.74) is 10.2. The minimum absolute atomic E-state index is 0.831. The third-order valence-electron chi connectivity index (χ3n) is 4.33. The van der Waals surface area contributed by atoms with Gasteiger partial charge in [-0.05, 0) is 35.1 Å². The van der Waals surface area contributed by atoms with Crippen LogP contribution in [0.5, 0.6) is 0 Å². The molecule has 0 aliphatic carbocycles. The molecule has 3 aromatic rings.